The lowest BCUT2D eigenvalue weighted by Crippen LogP contribution is -2.34. The lowest BCUT2D eigenvalue weighted by molar-refractivity contribution is -0.119. The second-order valence-electron chi connectivity index (χ2n) is 4.70. The molecule has 0 radical (unpaired) electrons. The predicted molar refractivity (Wildman–Crippen MR) is 94.3 cm³/mol. The van der Waals surface area contributed by atoms with Crippen LogP contribution in [0.2, 0.25) is 5.02 Å². The first kappa shape index (κ1) is 18.4. The number of nitrogens with one attached hydrogen (secondary N) is 3. The fraction of sp³-hybridized carbons (Fsp3) is 0.400. The summed E-state index contributed by atoms with van der Waals surface area (Å²) in [4.78, 5) is 23.0. The summed E-state index contributed by atoms with van der Waals surface area (Å²) in [6.45, 7) is 3.78. The van der Waals surface area contributed by atoms with Gasteiger partial charge >= 0.3 is 0 Å². The number of unbranched alkanes of at least 4 members (excludes halogenated alkanes) is 1. The summed E-state index contributed by atoms with van der Waals surface area (Å²) < 4.78 is 0. The maximum atomic E-state index is 11.6. The maximum Gasteiger partial charge on any atom is 0.226 e. The molecule has 0 aromatic heterocycles. The summed E-state index contributed by atoms with van der Waals surface area (Å²) in [6, 6.07) is 5.01. The Labute approximate surface area is 140 Å². The molecule has 22 heavy (non-hydrogen) atoms. The molecule has 0 spiro atoms. The van der Waals surface area contributed by atoms with Crippen LogP contribution in [0.15, 0.2) is 18.2 Å². The van der Waals surface area contributed by atoms with E-state index in [0.717, 1.165) is 12.8 Å². The molecule has 0 bridgehead atoms. The fourth-order valence-electron chi connectivity index (χ4n) is 1.63. The molecule has 2 amide bonds. The zero-order valence-electron chi connectivity index (χ0n) is 12.7. The van der Waals surface area contributed by atoms with Crippen molar-refractivity contribution in [3.63, 3.8) is 0 Å². The normalized spacial score (nSPS) is 9.95. The Morgan fingerprint density at radius 1 is 1.18 bits per heavy atom. The molecule has 0 fully saturated rings. The quantitative estimate of drug-likeness (QED) is 0.690. The smallest absolute Gasteiger partial charge is 0.226 e. The molecule has 0 aliphatic carbocycles. The molecule has 120 valence electrons. The van der Waals surface area contributed by atoms with E-state index in [9.17, 15) is 9.59 Å². The third-order valence-electron chi connectivity index (χ3n) is 2.83. The van der Waals surface area contributed by atoms with Crippen molar-refractivity contribution < 1.29 is 9.59 Å². The molecule has 1 rings (SSSR count). The molecule has 5 nitrogen and oxygen atoms in total. The number of hydrogen-bond acceptors (Lipinski definition) is 3. The van der Waals surface area contributed by atoms with Gasteiger partial charge in [0.1, 0.15) is 0 Å². The first-order valence-electron chi connectivity index (χ1n) is 7.16. The van der Waals surface area contributed by atoms with Gasteiger partial charge in [-0.2, -0.15) is 0 Å². The van der Waals surface area contributed by atoms with Crippen LogP contribution in [0.25, 0.3) is 0 Å². The Morgan fingerprint density at radius 3 is 2.55 bits per heavy atom. The Bertz CT molecular complexity index is 564. The maximum absolute atomic E-state index is 11.6. The number of rotatable bonds is 6. The zero-order valence-corrected chi connectivity index (χ0v) is 14.2. The average Bonchev–Trinajstić information content (AvgIpc) is 2.48. The number of halogens is 1. The third-order valence-corrected chi connectivity index (χ3v) is 3.36. The van der Waals surface area contributed by atoms with Crippen molar-refractivity contribution in [3.05, 3.63) is 23.2 Å². The van der Waals surface area contributed by atoms with Crippen molar-refractivity contribution in [1.82, 2.24) is 5.32 Å². The van der Waals surface area contributed by atoms with Crippen molar-refractivity contribution in [2.75, 3.05) is 10.6 Å². The highest BCUT2D eigenvalue weighted by Gasteiger charge is 2.08. The summed E-state index contributed by atoms with van der Waals surface area (Å²) >= 11 is 11.2. The van der Waals surface area contributed by atoms with Crippen molar-refractivity contribution in [1.29, 1.82) is 0 Å². The van der Waals surface area contributed by atoms with E-state index < -0.39 is 0 Å². The van der Waals surface area contributed by atoms with Crippen LogP contribution < -0.4 is 16.0 Å². The highest BCUT2D eigenvalue weighted by Crippen LogP contribution is 2.25. The van der Waals surface area contributed by atoms with Gasteiger partial charge in [-0.05, 0) is 36.8 Å². The van der Waals surface area contributed by atoms with Gasteiger partial charge in [0.2, 0.25) is 11.8 Å². The number of amides is 2. The Balaban J connectivity index is 2.67. The molecule has 0 aliphatic heterocycles. The Hall–Kier alpha value is -1.66. The standard InChI is InChI=1S/C15H20ClN3O2S/c1-3-5-6-14(21)19-15(22)18-12-9-10(7-8-11(12)16)17-13(20)4-2/h7-9H,3-6H2,1-2H3,(H,17,20)(H2,18,19,21,22). The van der Waals surface area contributed by atoms with E-state index in [1.54, 1.807) is 25.1 Å². The molecule has 0 saturated carbocycles. The van der Waals surface area contributed by atoms with Crippen molar-refractivity contribution in [3.8, 4) is 0 Å². The molecule has 1 aromatic carbocycles. The van der Waals surface area contributed by atoms with E-state index in [-0.39, 0.29) is 16.9 Å². The van der Waals surface area contributed by atoms with Crippen LogP contribution in [0.1, 0.15) is 39.5 Å². The zero-order chi connectivity index (χ0) is 16.5. The predicted octanol–water partition coefficient (Wildman–Crippen LogP) is 3.69. The molecule has 0 heterocycles. The molecule has 7 heteroatoms. The monoisotopic (exact) mass is 341 g/mol. The minimum atomic E-state index is -0.133. The first-order valence-corrected chi connectivity index (χ1v) is 7.95. The van der Waals surface area contributed by atoms with E-state index in [0.29, 0.717) is 29.2 Å². The molecule has 0 atom stereocenters. The second-order valence-corrected chi connectivity index (χ2v) is 5.52. The molecule has 0 saturated heterocycles. The van der Waals surface area contributed by atoms with Crippen molar-refractivity contribution in [2.24, 2.45) is 0 Å². The van der Waals surface area contributed by atoms with Gasteiger partial charge in [-0.15, -0.1) is 0 Å². The van der Waals surface area contributed by atoms with Crippen LogP contribution in [-0.2, 0) is 9.59 Å². The van der Waals surface area contributed by atoms with E-state index in [2.05, 4.69) is 16.0 Å². The average molecular weight is 342 g/mol. The molecule has 1 aromatic rings. The van der Waals surface area contributed by atoms with Gasteiger partial charge in [0.15, 0.2) is 5.11 Å². The van der Waals surface area contributed by atoms with Crippen LogP contribution in [0.5, 0.6) is 0 Å². The lowest BCUT2D eigenvalue weighted by Gasteiger charge is -2.12. The molecule has 0 aliphatic rings. The van der Waals surface area contributed by atoms with Crippen LogP contribution in [0.3, 0.4) is 0 Å². The van der Waals surface area contributed by atoms with Gasteiger partial charge < -0.3 is 16.0 Å². The van der Waals surface area contributed by atoms with Gasteiger partial charge in [0.25, 0.3) is 0 Å². The van der Waals surface area contributed by atoms with E-state index >= 15 is 0 Å². The third kappa shape index (κ3) is 6.41. The second kappa shape index (κ2) is 9.38. The van der Waals surface area contributed by atoms with Crippen LogP contribution in [-0.4, -0.2) is 16.9 Å². The van der Waals surface area contributed by atoms with E-state index in [4.69, 9.17) is 23.8 Å². The molecular weight excluding hydrogens is 322 g/mol. The van der Waals surface area contributed by atoms with Gasteiger partial charge in [-0.1, -0.05) is 31.9 Å². The van der Waals surface area contributed by atoms with Gasteiger partial charge in [0.05, 0.1) is 10.7 Å². The fourth-order valence-corrected chi connectivity index (χ4v) is 2.02. The summed E-state index contributed by atoms with van der Waals surface area (Å²) in [5.41, 5.74) is 1.13. The summed E-state index contributed by atoms with van der Waals surface area (Å²) in [6.07, 6.45) is 2.57. The highest BCUT2D eigenvalue weighted by atomic mass is 35.5. The van der Waals surface area contributed by atoms with Crippen LogP contribution in [0.4, 0.5) is 11.4 Å². The van der Waals surface area contributed by atoms with Gasteiger partial charge in [0, 0.05) is 18.5 Å². The van der Waals surface area contributed by atoms with Crippen molar-refractivity contribution >= 4 is 52.1 Å². The number of benzene rings is 1. The molecule has 0 unspecified atom stereocenters. The lowest BCUT2D eigenvalue weighted by atomic mass is 10.2. The minimum Gasteiger partial charge on any atom is -0.331 e. The Morgan fingerprint density at radius 2 is 1.91 bits per heavy atom. The highest BCUT2D eigenvalue weighted by molar-refractivity contribution is 7.80. The SMILES string of the molecule is CCCCC(=O)NC(=S)Nc1cc(NC(=O)CC)ccc1Cl. The topological polar surface area (TPSA) is 70.2 Å². The summed E-state index contributed by atoms with van der Waals surface area (Å²) in [7, 11) is 0. The number of anilines is 2. The largest absolute Gasteiger partial charge is 0.331 e. The van der Waals surface area contributed by atoms with E-state index in [1.807, 2.05) is 6.92 Å². The van der Waals surface area contributed by atoms with Gasteiger partial charge in [-0.25, -0.2) is 0 Å². The summed E-state index contributed by atoms with van der Waals surface area (Å²) in [5, 5.41) is 8.82. The number of carbonyl (C=O) groups excluding carboxylic acids is 2. The number of hydrogen-bond donors (Lipinski definition) is 3. The van der Waals surface area contributed by atoms with Gasteiger partial charge in [-0.3, -0.25) is 9.59 Å². The molecular formula is C15H20ClN3O2S. The number of carbonyl (C=O) groups is 2. The van der Waals surface area contributed by atoms with Crippen LogP contribution in [0, 0.1) is 0 Å². The first-order chi connectivity index (χ1) is 10.5. The van der Waals surface area contributed by atoms with E-state index in [1.165, 1.54) is 0 Å². The minimum absolute atomic E-state index is 0.0938. The Kier molecular flexibility index (Phi) is 7.84. The number of thiocarbonyl (C=S) groups is 1. The summed E-state index contributed by atoms with van der Waals surface area (Å²) in [5.74, 6) is -0.227. The van der Waals surface area contributed by atoms with Crippen molar-refractivity contribution in [2.45, 2.75) is 39.5 Å². The molecule has 3 N–H and O–H groups in total. The van der Waals surface area contributed by atoms with Crippen LogP contribution >= 0.6 is 23.8 Å².